The van der Waals surface area contributed by atoms with Crippen LogP contribution in [-0.4, -0.2) is 25.4 Å². The fraction of sp³-hybridized carbons (Fsp3) is 0.238. The Morgan fingerprint density at radius 1 is 1.07 bits per heavy atom. The van der Waals surface area contributed by atoms with Crippen molar-refractivity contribution in [2.45, 2.75) is 32.2 Å². The van der Waals surface area contributed by atoms with Crippen molar-refractivity contribution in [1.29, 1.82) is 0 Å². The lowest BCUT2D eigenvalue weighted by Gasteiger charge is -2.13. The fourth-order valence-electron chi connectivity index (χ4n) is 3.00. The number of carbonyl (C=O) groups excluding carboxylic acids is 1. The zero-order valence-corrected chi connectivity index (χ0v) is 17.7. The van der Waals surface area contributed by atoms with Gasteiger partial charge in [-0.1, -0.05) is 35.9 Å². The van der Waals surface area contributed by atoms with Crippen LogP contribution in [0.5, 0.6) is 0 Å². The molecule has 0 spiro atoms. The molecule has 0 atom stereocenters. The van der Waals surface area contributed by atoms with Gasteiger partial charge in [0.15, 0.2) is 0 Å². The molecule has 0 fully saturated rings. The topological polar surface area (TPSA) is 88.2 Å². The first-order valence-corrected chi connectivity index (χ1v) is 11.2. The molecule has 1 aromatic heterocycles. The van der Waals surface area contributed by atoms with Crippen LogP contribution in [-0.2, 0) is 22.3 Å². The number of fused-ring (bicyclic) bond motifs is 1. The lowest BCUT2D eigenvalue weighted by Crippen LogP contribution is -2.31. The zero-order valence-electron chi connectivity index (χ0n) is 16.1. The molecule has 3 rings (SSSR count). The number of aromatic nitrogens is 1. The number of halogens is 1. The van der Waals surface area contributed by atoms with Crippen molar-refractivity contribution < 1.29 is 13.2 Å². The lowest BCUT2D eigenvalue weighted by atomic mass is 10.1. The molecular formula is C21H22ClN3O3S. The first-order chi connectivity index (χ1) is 13.7. The van der Waals surface area contributed by atoms with E-state index in [2.05, 4.69) is 15.0 Å². The highest BCUT2D eigenvalue weighted by atomic mass is 35.5. The minimum Gasteiger partial charge on any atom is -0.348 e. The zero-order chi connectivity index (χ0) is 21.0. The summed E-state index contributed by atoms with van der Waals surface area (Å²) < 4.78 is 27.1. The van der Waals surface area contributed by atoms with Gasteiger partial charge in [-0.15, -0.1) is 0 Å². The monoisotopic (exact) mass is 431 g/mol. The Balaban J connectivity index is 1.73. The number of nitrogens with one attached hydrogen (secondary N) is 2. The van der Waals surface area contributed by atoms with Gasteiger partial charge in [0, 0.05) is 23.5 Å². The van der Waals surface area contributed by atoms with Crippen molar-refractivity contribution in [1.82, 2.24) is 15.0 Å². The molecular weight excluding hydrogens is 410 g/mol. The number of hydrogen-bond acceptors (Lipinski definition) is 4. The van der Waals surface area contributed by atoms with Gasteiger partial charge in [-0.2, -0.15) is 0 Å². The Morgan fingerprint density at radius 2 is 1.79 bits per heavy atom. The number of benzene rings is 2. The summed E-state index contributed by atoms with van der Waals surface area (Å²) in [5, 5.41) is 4.07. The van der Waals surface area contributed by atoms with Crippen LogP contribution >= 0.6 is 11.6 Å². The molecule has 1 heterocycles. The summed E-state index contributed by atoms with van der Waals surface area (Å²) in [6, 6.07) is 15.7. The summed E-state index contributed by atoms with van der Waals surface area (Å²) in [5.74, 6) is -0.389. The lowest BCUT2D eigenvalue weighted by molar-refractivity contribution is 0.0951. The third-order valence-electron chi connectivity index (χ3n) is 4.24. The highest BCUT2D eigenvalue weighted by molar-refractivity contribution is 7.88. The van der Waals surface area contributed by atoms with Gasteiger partial charge in [-0.3, -0.25) is 4.79 Å². The van der Waals surface area contributed by atoms with E-state index in [9.17, 15) is 13.2 Å². The molecule has 29 heavy (non-hydrogen) atoms. The maximum absolute atomic E-state index is 12.6. The minimum absolute atomic E-state index is 0.139. The second kappa shape index (κ2) is 8.90. The van der Waals surface area contributed by atoms with E-state index in [0.29, 0.717) is 21.8 Å². The summed E-state index contributed by atoms with van der Waals surface area (Å²) in [6.07, 6.45) is 0. The van der Waals surface area contributed by atoms with Crippen molar-refractivity contribution in [3.05, 3.63) is 76.4 Å². The molecule has 0 saturated heterocycles. The predicted molar refractivity (Wildman–Crippen MR) is 115 cm³/mol. The second-order valence-corrected chi connectivity index (χ2v) is 9.17. The summed E-state index contributed by atoms with van der Waals surface area (Å²) in [5.41, 5.74) is 2.61. The number of pyridine rings is 1. The van der Waals surface area contributed by atoms with Crippen LogP contribution in [0.1, 0.15) is 35.3 Å². The van der Waals surface area contributed by atoms with Crippen molar-refractivity contribution in [2.75, 3.05) is 0 Å². The Labute approximate surface area is 175 Å². The third kappa shape index (κ3) is 5.76. The first-order valence-electron chi connectivity index (χ1n) is 9.15. The maximum Gasteiger partial charge on any atom is 0.251 e. The van der Waals surface area contributed by atoms with Crippen molar-refractivity contribution in [3.63, 3.8) is 0 Å². The molecule has 0 aliphatic heterocycles. The summed E-state index contributed by atoms with van der Waals surface area (Å²) >= 11 is 5.89. The normalized spacial score (nSPS) is 11.7. The smallest absolute Gasteiger partial charge is 0.251 e. The molecule has 8 heteroatoms. The molecule has 0 bridgehead atoms. The van der Waals surface area contributed by atoms with E-state index in [1.807, 2.05) is 18.2 Å². The molecule has 1 amide bonds. The van der Waals surface area contributed by atoms with Gasteiger partial charge in [-0.25, -0.2) is 18.1 Å². The third-order valence-corrected chi connectivity index (χ3v) is 5.97. The Bertz CT molecular complexity index is 1150. The van der Waals surface area contributed by atoms with Gasteiger partial charge in [0.25, 0.3) is 5.91 Å². The van der Waals surface area contributed by atoms with Crippen LogP contribution < -0.4 is 10.0 Å². The molecule has 3 aromatic rings. The average molecular weight is 432 g/mol. The molecule has 6 nitrogen and oxygen atoms in total. The number of nitrogens with zero attached hydrogens (tertiary/aromatic N) is 1. The molecule has 2 aromatic carbocycles. The van der Waals surface area contributed by atoms with E-state index >= 15 is 0 Å². The van der Waals surface area contributed by atoms with Crippen LogP contribution in [0.2, 0.25) is 5.15 Å². The van der Waals surface area contributed by atoms with Gasteiger partial charge in [0.05, 0.1) is 11.3 Å². The largest absolute Gasteiger partial charge is 0.348 e. The average Bonchev–Trinajstić information content (AvgIpc) is 2.65. The number of hydrogen-bond donors (Lipinski definition) is 2. The summed E-state index contributed by atoms with van der Waals surface area (Å²) in [7, 11) is -3.46. The van der Waals surface area contributed by atoms with E-state index in [0.717, 1.165) is 10.9 Å². The molecule has 0 radical (unpaired) electrons. The second-order valence-electron chi connectivity index (χ2n) is 7.02. The van der Waals surface area contributed by atoms with Crippen LogP contribution in [0.15, 0.2) is 54.6 Å². The molecule has 2 N–H and O–H groups in total. The van der Waals surface area contributed by atoms with Gasteiger partial charge in [-0.05, 0) is 55.3 Å². The Kier molecular flexibility index (Phi) is 6.52. The highest BCUT2D eigenvalue weighted by Crippen LogP contribution is 2.18. The van der Waals surface area contributed by atoms with E-state index in [1.165, 1.54) is 0 Å². The first kappa shape index (κ1) is 21.2. The summed E-state index contributed by atoms with van der Waals surface area (Å²) in [6.45, 7) is 3.77. The number of sulfonamides is 1. The van der Waals surface area contributed by atoms with E-state index in [4.69, 9.17) is 11.6 Å². The SMILES string of the molecule is CC(C)NS(=O)(=O)Cc1ccccc1CNC(=O)c1ccc2nc(Cl)ccc2c1. The van der Waals surface area contributed by atoms with Gasteiger partial charge >= 0.3 is 0 Å². The molecule has 0 aliphatic rings. The van der Waals surface area contributed by atoms with E-state index in [-0.39, 0.29) is 24.2 Å². The number of carbonyl (C=O) groups is 1. The van der Waals surface area contributed by atoms with Crippen LogP contribution in [0, 0.1) is 0 Å². The van der Waals surface area contributed by atoms with Gasteiger partial charge in [0.2, 0.25) is 10.0 Å². The number of amides is 1. The van der Waals surface area contributed by atoms with Crippen molar-refractivity contribution in [2.24, 2.45) is 0 Å². The highest BCUT2D eigenvalue weighted by Gasteiger charge is 2.16. The van der Waals surface area contributed by atoms with Crippen molar-refractivity contribution >= 4 is 38.4 Å². The molecule has 152 valence electrons. The van der Waals surface area contributed by atoms with Crippen molar-refractivity contribution in [3.8, 4) is 0 Å². The van der Waals surface area contributed by atoms with Gasteiger partial charge in [0.1, 0.15) is 5.15 Å². The summed E-state index contributed by atoms with van der Waals surface area (Å²) in [4.78, 5) is 16.8. The molecule has 0 unspecified atom stereocenters. The fourth-order valence-corrected chi connectivity index (χ4v) is 4.64. The van der Waals surface area contributed by atoms with Crippen LogP contribution in [0.3, 0.4) is 0 Å². The quantitative estimate of drug-likeness (QED) is 0.559. The molecule has 0 saturated carbocycles. The predicted octanol–water partition coefficient (Wildman–Crippen LogP) is 3.65. The number of rotatable bonds is 7. The standard InChI is InChI=1S/C21H22ClN3O3S/c1-14(2)25-29(27,28)13-18-6-4-3-5-17(18)12-23-21(26)16-7-9-19-15(11-16)8-10-20(22)24-19/h3-11,14,25H,12-13H2,1-2H3,(H,23,26). The van der Waals surface area contributed by atoms with E-state index < -0.39 is 10.0 Å². The van der Waals surface area contributed by atoms with Gasteiger partial charge < -0.3 is 5.32 Å². The van der Waals surface area contributed by atoms with Crippen LogP contribution in [0.4, 0.5) is 0 Å². The molecule has 0 aliphatic carbocycles. The van der Waals surface area contributed by atoms with Crippen LogP contribution in [0.25, 0.3) is 10.9 Å². The Hall–Kier alpha value is -2.48. The van der Waals surface area contributed by atoms with E-state index in [1.54, 1.807) is 50.2 Å². The minimum atomic E-state index is -3.46. The Morgan fingerprint density at radius 3 is 2.52 bits per heavy atom. The maximum atomic E-state index is 12.6.